The second-order valence-electron chi connectivity index (χ2n) is 5.48. The molecule has 0 saturated carbocycles. The summed E-state index contributed by atoms with van der Waals surface area (Å²) in [6.45, 7) is 0.231. The molecule has 22 heavy (non-hydrogen) atoms. The summed E-state index contributed by atoms with van der Waals surface area (Å²) >= 11 is 0. The molecule has 1 atom stereocenters. The molecule has 1 fully saturated rings. The second-order valence-corrected chi connectivity index (χ2v) is 7.71. The van der Waals surface area contributed by atoms with Crippen molar-refractivity contribution in [3.63, 3.8) is 0 Å². The van der Waals surface area contributed by atoms with Crippen molar-refractivity contribution in [2.24, 2.45) is 5.92 Å². The fourth-order valence-electron chi connectivity index (χ4n) is 2.47. The Bertz CT molecular complexity index is 618. The van der Waals surface area contributed by atoms with Crippen LogP contribution in [-0.2, 0) is 14.6 Å². The van der Waals surface area contributed by atoms with Crippen LogP contribution in [0.25, 0.3) is 0 Å². The number of hydrogen-bond donors (Lipinski definition) is 1. The van der Waals surface area contributed by atoms with Crippen LogP contribution in [0.2, 0.25) is 0 Å². The van der Waals surface area contributed by atoms with Crippen LogP contribution in [0, 0.1) is 11.7 Å². The largest absolute Gasteiger partial charge is 0.481 e. The Labute approximate surface area is 129 Å². The molecule has 1 amide bonds. The minimum atomic E-state index is -2.84. The number of nitrogens with one attached hydrogen (secondary N) is 1. The third-order valence-corrected chi connectivity index (χ3v) is 5.47. The molecular formula is C15H20FNO4S. The maximum atomic E-state index is 13.3. The van der Waals surface area contributed by atoms with Gasteiger partial charge in [0.1, 0.15) is 0 Å². The topological polar surface area (TPSA) is 72.5 Å². The van der Waals surface area contributed by atoms with Gasteiger partial charge in [0, 0.05) is 6.54 Å². The molecule has 1 saturated heterocycles. The molecule has 0 radical (unpaired) electrons. The molecule has 0 spiro atoms. The Morgan fingerprint density at radius 3 is 2.82 bits per heavy atom. The number of benzene rings is 1. The SMILES string of the molecule is O=C(COc1ccccc1F)NCCCC1CCS(=O)(=O)C1. The molecule has 7 heteroatoms. The number of para-hydroxylation sites is 1. The number of hydrogen-bond acceptors (Lipinski definition) is 4. The van der Waals surface area contributed by atoms with E-state index in [1.54, 1.807) is 12.1 Å². The maximum Gasteiger partial charge on any atom is 0.257 e. The first kappa shape index (κ1) is 16.7. The van der Waals surface area contributed by atoms with E-state index in [2.05, 4.69) is 5.32 Å². The molecule has 122 valence electrons. The number of carbonyl (C=O) groups is 1. The molecule has 0 aromatic heterocycles. The standard InChI is InChI=1S/C15H20FNO4S/c16-13-5-1-2-6-14(13)21-10-15(18)17-8-3-4-12-7-9-22(19,20)11-12/h1-2,5-6,12H,3-4,7-11H2,(H,17,18). The van der Waals surface area contributed by atoms with Crippen LogP contribution in [0.3, 0.4) is 0 Å². The van der Waals surface area contributed by atoms with Crippen molar-refractivity contribution in [2.45, 2.75) is 19.3 Å². The van der Waals surface area contributed by atoms with Gasteiger partial charge in [0.25, 0.3) is 5.91 Å². The third kappa shape index (κ3) is 5.29. The van der Waals surface area contributed by atoms with E-state index in [4.69, 9.17) is 4.74 Å². The lowest BCUT2D eigenvalue weighted by Gasteiger charge is -2.09. The van der Waals surface area contributed by atoms with Crippen LogP contribution in [-0.4, -0.2) is 39.0 Å². The summed E-state index contributed by atoms with van der Waals surface area (Å²) in [7, 11) is -2.84. The van der Waals surface area contributed by atoms with Crippen molar-refractivity contribution >= 4 is 15.7 Å². The number of ether oxygens (including phenoxy) is 1. The number of carbonyl (C=O) groups excluding carboxylic acids is 1. The first-order valence-corrected chi connectivity index (χ1v) is 9.13. The third-order valence-electron chi connectivity index (χ3n) is 3.63. The molecule has 0 aliphatic carbocycles. The summed E-state index contributed by atoms with van der Waals surface area (Å²) in [5.74, 6) is -0.0249. The maximum absolute atomic E-state index is 13.3. The van der Waals surface area contributed by atoms with Gasteiger partial charge in [-0.05, 0) is 37.3 Å². The highest BCUT2D eigenvalue weighted by Gasteiger charge is 2.27. The molecular weight excluding hydrogens is 309 g/mol. The molecule has 1 N–H and O–H groups in total. The molecule has 0 bridgehead atoms. The minimum Gasteiger partial charge on any atom is -0.481 e. The zero-order chi connectivity index (χ0) is 16.0. The monoisotopic (exact) mass is 329 g/mol. The summed E-state index contributed by atoms with van der Waals surface area (Å²) in [6, 6.07) is 5.91. The van der Waals surface area contributed by atoms with E-state index in [9.17, 15) is 17.6 Å². The van der Waals surface area contributed by atoms with Crippen molar-refractivity contribution in [1.82, 2.24) is 5.32 Å². The molecule has 1 aliphatic rings. The first-order chi connectivity index (χ1) is 10.5. The fraction of sp³-hybridized carbons (Fsp3) is 0.533. The van der Waals surface area contributed by atoms with Crippen LogP contribution in [0.15, 0.2) is 24.3 Å². The molecule has 1 aromatic rings. The Balaban J connectivity index is 1.59. The first-order valence-electron chi connectivity index (χ1n) is 7.31. The highest BCUT2D eigenvalue weighted by molar-refractivity contribution is 7.91. The minimum absolute atomic E-state index is 0.0498. The zero-order valence-corrected chi connectivity index (χ0v) is 13.1. The van der Waals surface area contributed by atoms with Gasteiger partial charge in [-0.3, -0.25) is 4.79 Å². The Hall–Kier alpha value is -1.63. The molecule has 5 nitrogen and oxygen atoms in total. The average molecular weight is 329 g/mol. The van der Waals surface area contributed by atoms with Gasteiger partial charge in [-0.25, -0.2) is 12.8 Å². The van der Waals surface area contributed by atoms with Crippen molar-refractivity contribution < 1.29 is 22.3 Å². The predicted octanol–water partition coefficient (Wildman–Crippen LogP) is 1.54. The summed E-state index contributed by atoms with van der Waals surface area (Å²) < 4.78 is 41.0. The predicted molar refractivity (Wildman–Crippen MR) is 80.9 cm³/mol. The van der Waals surface area contributed by atoms with Crippen LogP contribution < -0.4 is 10.1 Å². The van der Waals surface area contributed by atoms with E-state index >= 15 is 0 Å². The van der Waals surface area contributed by atoms with E-state index in [-0.39, 0.29) is 35.7 Å². The van der Waals surface area contributed by atoms with Gasteiger partial charge in [-0.15, -0.1) is 0 Å². The van der Waals surface area contributed by atoms with Gasteiger partial charge in [-0.2, -0.15) is 0 Å². The Morgan fingerprint density at radius 1 is 1.36 bits per heavy atom. The number of amides is 1. The Kier molecular flexibility index (Phi) is 5.76. The lowest BCUT2D eigenvalue weighted by Crippen LogP contribution is -2.30. The lowest BCUT2D eigenvalue weighted by atomic mass is 10.0. The van der Waals surface area contributed by atoms with Crippen molar-refractivity contribution in [3.05, 3.63) is 30.1 Å². The summed E-state index contributed by atoms with van der Waals surface area (Å²) in [5, 5.41) is 2.68. The second kappa shape index (κ2) is 7.58. The van der Waals surface area contributed by atoms with Gasteiger partial charge in [0.2, 0.25) is 0 Å². The van der Waals surface area contributed by atoms with Gasteiger partial charge in [0.15, 0.2) is 28.0 Å². The molecule has 2 rings (SSSR count). The van der Waals surface area contributed by atoms with Gasteiger partial charge < -0.3 is 10.1 Å². The van der Waals surface area contributed by atoms with Gasteiger partial charge >= 0.3 is 0 Å². The number of halogens is 1. The number of sulfone groups is 1. The fourth-order valence-corrected chi connectivity index (χ4v) is 4.39. The summed E-state index contributed by atoms with van der Waals surface area (Å²) in [6.07, 6.45) is 2.23. The summed E-state index contributed by atoms with van der Waals surface area (Å²) in [4.78, 5) is 11.6. The van der Waals surface area contributed by atoms with Crippen LogP contribution in [0.1, 0.15) is 19.3 Å². The van der Waals surface area contributed by atoms with Crippen LogP contribution in [0.4, 0.5) is 4.39 Å². The highest BCUT2D eigenvalue weighted by Crippen LogP contribution is 2.22. The Morgan fingerprint density at radius 2 is 2.14 bits per heavy atom. The van der Waals surface area contributed by atoms with Gasteiger partial charge in [-0.1, -0.05) is 12.1 Å². The molecule has 1 aliphatic heterocycles. The normalized spacial score (nSPS) is 19.8. The average Bonchev–Trinajstić information content (AvgIpc) is 2.82. The van der Waals surface area contributed by atoms with E-state index in [0.29, 0.717) is 13.0 Å². The van der Waals surface area contributed by atoms with E-state index in [1.807, 2.05) is 0 Å². The molecule has 1 unspecified atom stereocenters. The van der Waals surface area contributed by atoms with Crippen LogP contribution >= 0.6 is 0 Å². The van der Waals surface area contributed by atoms with Crippen molar-refractivity contribution in [1.29, 1.82) is 0 Å². The molecule has 1 heterocycles. The number of rotatable bonds is 7. The lowest BCUT2D eigenvalue weighted by molar-refractivity contribution is -0.123. The molecule has 1 aromatic carbocycles. The van der Waals surface area contributed by atoms with E-state index < -0.39 is 15.7 Å². The highest BCUT2D eigenvalue weighted by atomic mass is 32.2. The van der Waals surface area contributed by atoms with Gasteiger partial charge in [0.05, 0.1) is 11.5 Å². The van der Waals surface area contributed by atoms with E-state index in [0.717, 1.165) is 12.8 Å². The quantitative estimate of drug-likeness (QED) is 0.770. The van der Waals surface area contributed by atoms with Crippen LogP contribution in [0.5, 0.6) is 5.75 Å². The zero-order valence-electron chi connectivity index (χ0n) is 12.3. The van der Waals surface area contributed by atoms with E-state index in [1.165, 1.54) is 12.1 Å². The van der Waals surface area contributed by atoms with Crippen molar-refractivity contribution in [2.75, 3.05) is 24.7 Å². The smallest absolute Gasteiger partial charge is 0.257 e. The summed E-state index contributed by atoms with van der Waals surface area (Å²) in [5.41, 5.74) is 0. The van der Waals surface area contributed by atoms with Crippen molar-refractivity contribution in [3.8, 4) is 5.75 Å².